The lowest BCUT2D eigenvalue weighted by molar-refractivity contribution is -0.0331. The van der Waals surface area contributed by atoms with Gasteiger partial charge in [-0.3, -0.25) is 0 Å². The smallest absolute Gasteiger partial charge is 0.460 e. The number of halogens is 4. The zero-order valence-electron chi connectivity index (χ0n) is 10.1. The van der Waals surface area contributed by atoms with Crippen LogP contribution in [0.1, 0.15) is 32.1 Å². The number of fused-ring (bicyclic) bond motifs is 2. The predicted molar refractivity (Wildman–Crippen MR) is 72.0 cm³/mol. The van der Waals surface area contributed by atoms with Gasteiger partial charge >= 0.3 is 5.51 Å². The van der Waals surface area contributed by atoms with Crippen molar-refractivity contribution in [2.45, 2.75) is 42.4 Å². The van der Waals surface area contributed by atoms with Crippen molar-refractivity contribution >= 4 is 32.5 Å². The van der Waals surface area contributed by atoms with Crippen LogP contribution in [0.4, 0.5) is 17.6 Å². The van der Waals surface area contributed by atoms with Crippen LogP contribution >= 0.6 is 21.2 Å². The minimum atomic E-state index is -4.57. The van der Waals surface area contributed by atoms with Crippen LogP contribution in [0, 0.1) is 17.8 Å². The van der Waals surface area contributed by atoms with E-state index in [9.17, 15) is 22.1 Å². The zero-order valence-corrected chi connectivity index (χ0v) is 12.9. The minimum absolute atomic E-state index is 0.0386. The number of nitrogens with one attached hydrogen (secondary N) is 1. The molecule has 0 aromatic heterocycles. The largest absolute Gasteiger partial charge is 0.594 e. The Kier molecular flexibility index (Phi) is 4.99. The monoisotopic (exact) mass is 337 g/mol. The van der Waals surface area contributed by atoms with Gasteiger partial charge in [0, 0.05) is 6.42 Å². The average molecular weight is 337 g/mol. The third kappa shape index (κ3) is 4.37. The Morgan fingerprint density at radius 1 is 1.26 bits per heavy atom. The lowest BCUT2D eigenvalue weighted by atomic mass is 9.87. The number of hydrogen-bond donors (Lipinski definition) is 1. The minimum Gasteiger partial charge on any atom is -0.594 e. The molecular formula is C10H16F4NOPS2. The molecule has 0 spiro atoms. The van der Waals surface area contributed by atoms with E-state index >= 15 is 0 Å². The molecule has 2 aliphatic rings. The van der Waals surface area contributed by atoms with Crippen molar-refractivity contribution in [1.82, 2.24) is 4.13 Å². The van der Waals surface area contributed by atoms with E-state index in [2.05, 4.69) is 0 Å². The van der Waals surface area contributed by atoms with Crippen LogP contribution in [0.25, 0.3) is 0 Å². The Hall–Kier alpha value is 0.770. The molecular weight excluding hydrogens is 321 g/mol. The Morgan fingerprint density at radius 3 is 2.42 bits per heavy atom. The van der Waals surface area contributed by atoms with E-state index in [1.54, 1.807) is 4.13 Å². The summed E-state index contributed by atoms with van der Waals surface area (Å²) in [5.41, 5.74) is -4.57. The van der Waals surface area contributed by atoms with Crippen molar-refractivity contribution in [3.05, 3.63) is 0 Å². The molecule has 0 aromatic rings. The fraction of sp³-hybridized carbons (Fsp3) is 1.00. The molecule has 2 rings (SSSR count). The molecule has 112 valence electrons. The normalized spacial score (nSPS) is 35.4. The summed E-state index contributed by atoms with van der Waals surface area (Å²) in [6.45, 7) is 0. The van der Waals surface area contributed by atoms with Crippen LogP contribution in [-0.4, -0.2) is 14.8 Å². The molecule has 1 N–H and O–H groups in total. The Balaban J connectivity index is 1.83. The van der Waals surface area contributed by atoms with Crippen molar-refractivity contribution in [3.63, 3.8) is 0 Å². The van der Waals surface area contributed by atoms with E-state index < -0.39 is 33.6 Å². The first-order valence-corrected chi connectivity index (χ1v) is 8.62. The van der Waals surface area contributed by atoms with E-state index in [0.717, 1.165) is 19.3 Å². The molecule has 6 unspecified atom stereocenters. The maximum atomic E-state index is 14.3. The van der Waals surface area contributed by atoms with Crippen molar-refractivity contribution in [2.24, 2.45) is 17.8 Å². The summed E-state index contributed by atoms with van der Waals surface area (Å²) in [6.07, 6.45) is 4.27. The molecule has 0 saturated heterocycles. The maximum Gasteiger partial charge on any atom is 0.460 e. The number of alkyl halides is 4. The van der Waals surface area contributed by atoms with E-state index in [4.69, 9.17) is 0 Å². The van der Waals surface area contributed by atoms with Gasteiger partial charge in [0.1, 0.15) is 0 Å². The third-order valence-corrected chi connectivity index (χ3v) is 6.80. The van der Waals surface area contributed by atoms with Crippen LogP contribution in [0.5, 0.6) is 0 Å². The summed E-state index contributed by atoms with van der Waals surface area (Å²) in [5.74, 6) is 1.22. The molecule has 2 bridgehead atoms. The summed E-state index contributed by atoms with van der Waals surface area (Å²) in [4.78, 5) is 0. The van der Waals surface area contributed by atoms with E-state index in [0.29, 0.717) is 11.8 Å². The molecule has 2 saturated carbocycles. The fourth-order valence-corrected chi connectivity index (χ4v) is 5.55. The molecule has 0 aromatic carbocycles. The van der Waals surface area contributed by atoms with Gasteiger partial charge in [0.15, 0.2) is 0 Å². The lowest BCUT2D eigenvalue weighted by Crippen LogP contribution is -2.38. The van der Waals surface area contributed by atoms with Gasteiger partial charge in [0.2, 0.25) is 0 Å². The fourth-order valence-electron chi connectivity index (χ4n) is 3.21. The first-order chi connectivity index (χ1) is 8.67. The van der Waals surface area contributed by atoms with Crippen LogP contribution in [-0.2, 0) is 11.4 Å². The van der Waals surface area contributed by atoms with Crippen molar-refractivity contribution in [2.75, 3.05) is 0 Å². The second-order valence-corrected chi connectivity index (χ2v) is 9.21. The molecule has 6 atom stereocenters. The quantitative estimate of drug-likeness (QED) is 0.359. The number of rotatable bonds is 5. The molecule has 0 amide bonds. The highest BCUT2D eigenvalue weighted by atomic mass is 32.3. The van der Waals surface area contributed by atoms with Crippen molar-refractivity contribution in [3.8, 4) is 0 Å². The topological polar surface area (TPSA) is 35.1 Å². The van der Waals surface area contributed by atoms with Crippen LogP contribution in [0.15, 0.2) is 0 Å². The highest BCUT2D eigenvalue weighted by Crippen LogP contribution is 2.52. The highest BCUT2D eigenvalue weighted by Gasteiger charge is 2.48. The van der Waals surface area contributed by atoms with Crippen LogP contribution in [0.3, 0.4) is 0 Å². The van der Waals surface area contributed by atoms with E-state index in [1.807, 2.05) is 9.24 Å². The Morgan fingerprint density at radius 2 is 1.95 bits per heavy atom. The summed E-state index contributed by atoms with van der Waals surface area (Å²) in [7, 11) is 1.82. The van der Waals surface area contributed by atoms with Crippen molar-refractivity contribution < 1.29 is 22.1 Å². The molecule has 19 heavy (non-hydrogen) atoms. The van der Waals surface area contributed by atoms with Gasteiger partial charge in [-0.25, -0.2) is 0 Å². The van der Waals surface area contributed by atoms with Gasteiger partial charge in [-0.15, -0.1) is 0 Å². The zero-order chi connectivity index (χ0) is 14.3. The Bertz CT molecular complexity index is 331. The van der Waals surface area contributed by atoms with Gasteiger partial charge < -0.3 is 4.55 Å². The molecule has 0 heterocycles. The van der Waals surface area contributed by atoms with Gasteiger partial charge in [-0.1, -0.05) is 10.5 Å². The SMILES string of the molecule is [O-][S+](NSC(F)(F)F)C(F)(P)CC1CC2CCC1C2. The molecule has 2 aliphatic carbocycles. The van der Waals surface area contributed by atoms with Gasteiger partial charge in [-0.05, 0) is 46.3 Å². The maximum absolute atomic E-state index is 14.3. The number of hydrogen-bond acceptors (Lipinski definition) is 3. The van der Waals surface area contributed by atoms with E-state index in [1.165, 1.54) is 6.42 Å². The molecule has 2 fully saturated rings. The lowest BCUT2D eigenvalue weighted by Gasteiger charge is -2.29. The van der Waals surface area contributed by atoms with Crippen molar-refractivity contribution in [1.29, 1.82) is 0 Å². The molecule has 0 aliphatic heterocycles. The summed E-state index contributed by atoms with van der Waals surface area (Å²) < 4.78 is 61.2. The predicted octanol–water partition coefficient (Wildman–Crippen LogP) is 3.73. The summed E-state index contributed by atoms with van der Waals surface area (Å²) in [5, 5.41) is 0. The van der Waals surface area contributed by atoms with Gasteiger partial charge in [0.25, 0.3) is 4.74 Å². The summed E-state index contributed by atoms with van der Waals surface area (Å²) >= 11 is -3.05. The molecule has 9 heteroatoms. The highest BCUT2D eigenvalue weighted by molar-refractivity contribution is 8.11. The Labute approximate surface area is 119 Å². The van der Waals surface area contributed by atoms with Gasteiger partial charge in [-0.2, -0.15) is 17.6 Å². The van der Waals surface area contributed by atoms with Crippen LogP contribution in [0.2, 0.25) is 0 Å². The van der Waals surface area contributed by atoms with Crippen LogP contribution < -0.4 is 4.13 Å². The standard InChI is InChI=1S/C10H16F4NOPS2/c11-9(17,19(16)15-18-10(12,13)14)5-8-4-6-1-2-7(8)3-6/h6-8,15H,1-5,17H2. The first-order valence-electron chi connectivity index (χ1n) is 6.07. The summed E-state index contributed by atoms with van der Waals surface area (Å²) in [6, 6.07) is 0. The average Bonchev–Trinajstić information content (AvgIpc) is 2.85. The third-order valence-electron chi connectivity index (χ3n) is 3.97. The van der Waals surface area contributed by atoms with Gasteiger partial charge in [0.05, 0.1) is 23.3 Å². The first kappa shape index (κ1) is 16.1. The molecule has 2 nitrogen and oxygen atoms in total. The second kappa shape index (κ2) is 5.87. The van der Waals surface area contributed by atoms with E-state index in [-0.39, 0.29) is 12.3 Å². The second-order valence-electron chi connectivity index (χ2n) is 5.33. The molecule has 0 radical (unpaired) electrons.